The molecule has 0 radical (unpaired) electrons. The van der Waals surface area contributed by atoms with Crippen molar-refractivity contribution in [1.29, 1.82) is 0 Å². The van der Waals surface area contributed by atoms with Gasteiger partial charge in [-0.3, -0.25) is 15.0 Å². The van der Waals surface area contributed by atoms with Crippen LogP contribution in [0.5, 0.6) is 0 Å². The van der Waals surface area contributed by atoms with Crippen LogP contribution >= 0.6 is 0 Å². The van der Waals surface area contributed by atoms with Crippen molar-refractivity contribution in [1.82, 2.24) is 15.0 Å². The lowest BCUT2D eigenvalue weighted by Gasteiger charge is -2.15. The van der Waals surface area contributed by atoms with Crippen molar-refractivity contribution in [3.8, 4) is 0 Å². The standard InChI is InChI=1S/C24H29N3/c1-17(2)21-8-10-26-23(14-21)12-18(3)22-13-20(15-25-16-22)11-19(4)24-7-5-6-9-27-24/h5-10,13-19H,11-12H2,1-4H3. The van der Waals surface area contributed by atoms with Crippen LogP contribution in [0.3, 0.4) is 0 Å². The average Bonchev–Trinajstić information content (AvgIpc) is 2.69. The zero-order valence-electron chi connectivity index (χ0n) is 16.8. The molecule has 0 amide bonds. The highest BCUT2D eigenvalue weighted by Gasteiger charge is 2.12. The summed E-state index contributed by atoms with van der Waals surface area (Å²) >= 11 is 0. The van der Waals surface area contributed by atoms with E-state index in [2.05, 4.69) is 66.9 Å². The molecule has 27 heavy (non-hydrogen) atoms. The summed E-state index contributed by atoms with van der Waals surface area (Å²) in [5.41, 5.74) is 6.17. The zero-order valence-corrected chi connectivity index (χ0v) is 16.8. The summed E-state index contributed by atoms with van der Waals surface area (Å²) < 4.78 is 0. The first kappa shape index (κ1) is 19.2. The van der Waals surface area contributed by atoms with Crippen molar-refractivity contribution in [2.75, 3.05) is 0 Å². The molecule has 0 aliphatic carbocycles. The van der Waals surface area contributed by atoms with Crippen molar-refractivity contribution >= 4 is 0 Å². The third-order valence-electron chi connectivity index (χ3n) is 5.14. The van der Waals surface area contributed by atoms with E-state index in [9.17, 15) is 0 Å². The Kier molecular flexibility index (Phi) is 6.33. The van der Waals surface area contributed by atoms with Gasteiger partial charge in [0, 0.05) is 42.1 Å². The number of rotatable bonds is 7. The molecule has 3 nitrogen and oxygen atoms in total. The first-order valence-electron chi connectivity index (χ1n) is 9.82. The molecule has 3 aromatic heterocycles. The predicted octanol–water partition coefficient (Wildman–Crippen LogP) is 5.69. The minimum absolute atomic E-state index is 0.378. The number of hydrogen-bond donors (Lipinski definition) is 0. The minimum Gasteiger partial charge on any atom is -0.264 e. The molecule has 3 rings (SSSR count). The Balaban J connectivity index is 1.70. The lowest BCUT2D eigenvalue weighted by Crippen LogP contribution is -2.05. The maximum atomic E-state index is 4.57. The molecule has 0 bridgehead atoms. The monoisotopic (exact) mass is 359 g/mol. The van der Waals surface area contributed by atoms with Gasteiger partial charge in [-0.15, -0.1) is 0 Å². The molecular formula is C24H29N3. The third-order valence-corrected chi connectivity index (χ3v) is 5.14. The van der Waals surface area contributed by atoms with Gasteiger partial charge < -0.3 is 0 Å². The molecule has 0 saturated carbocycles. The van der Waals surface area contributed by atoms with E-state index in [0.717, 1.165) is 24.2 Å². The molecule has 3 heterocycles. The van der Waals surface area contributed by atoms with Crippen LogP contribution in [0.4, 0.5) is 0 Å². The van der Waals surface area contributed by atoms with Crippen LogP contribution < -0.4 is 0 Å². The highest BCUT2D eigenvalue weighted by atomic mass is 14.7. The number of aromatic nitrogens is 3. The van der Waals surface area contributed by atoms with Crippen molar-refractivity contribution in [3.63, 3.8) is 0 Å². The van der Waals surface area contributed by atoms with Crippen LogP contribution in [-0.2, 0) is 12.8 Å². The van der Waals surface area contributed by atoms with Gasteiger partial charge in [0.05, 0.1) is 0 Å². The Bertz CT molecular complexity index is 858. The summed E-state index contributed by atoms with van der Waals surface area (Å²) in [6, 6.07) is 12.7. The SMILES string of the molecule is CC(C)c1ccnc(CC(C)c2cncc(CC(C)c3ccccn3)c2)c1. The fraction of sp³-hybridized carbons (Fsp3) is 0.375. The Morgan fingerprint density at radius 1 is 0.778 bits per heavy atom. The lowest BCUT2D eigenvalue weighted by atomic mass is 9.92. The second-order valence-electron chi connectivity index (χ2n) is 7.83. The smallest absolute Gasteiger partial charge is 0.0435 e. The van der Waals surface area contributed by atoms with E-state index in [1.165, 1.54) is 16.7 Å². The molecule has 3 heteroatoms. The van der Waals surface area contributed by atoms with Crippen molar-refractivity contribution in [2.24, 2.45) is 0 Å². The number of hydrogen-bond acceptors (Lipinski definition) is 3. The van der Waals surface area contributed by atoms with Gasteiger partial charge in [0.1, 0.15) is 0 Å². The largest absolute Gasteiger partial charge is 0.264 e. The van der Waals surface area contributed by atoms with Gasteiger partial charge >= 0.3 is 0 Å². The molecule has 0 aromatic carbocycles. The maximum Gasteiger partial charge on any atom is 0.0435 e. The highest BCUT2D eigenvalue weighted by Crippen LogP contribution is 2.24. The molecule has 0 fully saturated rings. The van der Waals surface area contributed by atoms with Crippen LogP contribution in [0.15, 0.2) is 61.2 Å². The fourth-order valence-corrected chi connectivity index (χ4v) is 3.41. The quantitative estimate of drug-likeness (QED) is 0.544. The van der Waals surface area contributed by atoms with Gasteiger partial charge in [-0.25, -0.2) is 0 Å². The van der Waals surface area contributed by atoms with Gasteiger partial charge in [-0.2, -0.15) is 0 Å². The van der Waals surface area contributed by atoms with E-state index >= 15 is 0 Å². The van der Waals surface area contributed by atoms with E-state index in [-0.39, 0.29) is 0 Å². The Hall–Kier alpha value is -2.55. The van der Waals surface area contributed by atoms with E-state index < -0.39 is 0 Å². The predicted molar refractivity (Wildman–Crippen MR) is 111 cm³/mol. The molecule has 0 saturated heterocycles. The molecule has 2 atom stereocenters. The molecule has 3 aromatic rings. The van der Waals surface area contributed by atoms with Crippen LogP contribution in [0.2, 0.25) is 0 Å². The summed E-state index contributed by atoms with van der Waals surface area (Å²) in [6.07, 6.45) is 9.65. The first-order chi connectivity index (χ1) is 13.0. The Morgan fingerprint density at radius 2 is 1.63 bits per heavy atom. The molecular weight excluding hydrogens is 330 g/mol. The van der Waals surface area contributed by atoms with Gasteiger partial charge in [0.15, 0.2) is 0 Å². The molecule has 140 valence electrons. The molecule has 0 N–H and O–H groups in total. The molecule has 0 aliphatic heterocycles. The van der Waals surface area contributed by atoms with E-state index in [0.29, 0.717) is 17.8 Å². The zero-order chi connectivity index (χ0) is 19.2. The van der Waals surface area contributed by atoms with Gasteiger partial charge in [-0.1, -0.05) is 39.8 Å². The summed E-state index contributed by atoms with van der Waals surface area (Å²) in [5, 5.41) is 0. The molecule has 0 aliphatic rings. The Labute approximate surface area is 162 Å². The minimum atomic E-state index is 0.378. The van der Waals surface area contributed by atoms with Crippen molar-refractivity contribution in [3.05, 3.63) is 89.3 Å². The number of nitrogens with zero attached hydrogens (tertiary/aromatic N) is 3. The average molecular weight is 360 g/mol. The van der Waals surface area contributed by atoms with Gasteiger partial charge in [-0.05, 0) is 65.6 Å². The Morgan fingerprint density at radius 3 is 2.37 bits per heavy atom. The van der Waals surface area contributed by atoms with E-state index in [1.807, 2.05) is 36.9 Å². The van der Waals surface area contributed by atoms with Crippen LogP contribution in [0, 0.1) is 0 Å². The van der Waals surface area contributed by atoms with Crippen molar-refractivity contribution in [2.45, 2.75) is 58.3 Å². The lowest BCUT2D eigenvalue weighted by molar-refractivity contribution is 0.711. The van der Waals surface area contributed by atoms with E-state index in [1.54, 1.807) is 0 Å². The van der Waals surface area contributed by atoms with Gasteiger partial charge in [0.2, 0.25) is 0 Å². The van der Waals surface area contributed by atoms with Gasteiger partial charge in [0.25, 0.3) is 0 Å². The number of pyridine rings is 3. The molecule has 0 spiro atoms. The highest BCUT2D eigenvalue weighted by molar-refractivity contribution is 5.26. The fourth-order valence-electron chi connectivity index (χ4n) is 3.41. The van der Waals surface area contributed by atoms with Crippen LogP contribution in [0.25, 0.3) is 0 Å². The second-order valence-corrected chi connectivity index (χ2v) is 7.83. The van der Waals surface area contributed by atoms with Crippen LogP contribution in [-0.4, -0.2) is 15.0 Å². The summed E-state index contributed by atoms with van der Waals surface area (Å²) in [4.78, 5) is 13.6. The van der Waals surface area contributed by atoms with E-state index in [4.69, 9.17) is 0 Å². The van der Waals surface area contributed by atoms with Crippen molar-refractivity contribution < 1.29 is 0 Å². The maximum absolute atomic E-state index is 4.57. The second kappa shape index (κ2) is 8.90. The summed E-state index contributed by atoms with van der Waals surface area (Å²) in [6.45, 7) is 8.92. The normalized spacial score (nSPS) is 13.5. The van der Waals surface area contributed by atoms with Crippen LogP contribution in [0.1, 0.15) is 73.5 Å². The first-order valence-corrected chi connectivity index (χ1v) is 9.82. The summed E-state index contributed by atoms with van der Waals surface area (Å²) in [7, 11) is 0. The summed E-state index contributed by atoms with van der Waals surface area (Å²) in [5.74, 6) is 1.29. The topological polar surface area (TPSA) is 38.7 Å². The molecule has 2 unspecified atom stereocenters. The third kappa shape index (κ3) is 5.22.